The molecule has 1 aliphatic heterocycles. The van der Waals surface area contributed by atoms with Crippen molar-refractivity contribution < 1.29 is 18.8 Å². The Bertz CT molecular complexity index is 400. The standard InChI is InChI=1S/C17H32O4Si/c1-12-8-9-14(13(2)11-18)20-16(19)10-15(12)21-22(6,7)17(3,4)5/h11-15H,8-10H2,1-7H3/t12-,13-,14-,15+/m0/s1. The monoisotopic (exact) mass is 328 g/mol. The highest BCUT2D eigenvalue weighted by Crippen LogP contribution is 2.39. The van der Waals surface area contributed by atoms with Crippen molar-refractivity contribution in [3.8, 4) is 0 Å². The maximum atomic E-state index is 12.2. The molecule has 1 saturated heterocycles. The molecule has 4 nitrogen and oxygen atoms in total. The summed E-state index contributed by atoms with van der Waals surface area (Å²) in [7, 11) is -1.91. The van der Waals surface area contributed by atoms with Gasteiger partial charge < -0.3 is 14.0 Å². The van der Waals surface area contributed by atoms with Crippen molar-refractivity contribution in [2.75, 3.05) is 0 Å². The zero-order valence-corrected chi connectivity index (χ0v) is 16.1. The molecule has 1 fully saturated rings. The number of carbonyl (C=O) groups is 2. The molecule has 1 aliphatic rings. The van der Waals surface area contributed by atoms with E-state index in [0.717, 1.165) is 19.1 Å². The van der Waals surface area contributed by atoms with Crippen LogP contribution in [0.3, 0.4) is 0 Å². The second kappa shape index (κ2) is 7.26. The molecule has 1 heterocycles. The van der Waals surface area contributed by atoms with Gasteiger partial charge in [-0.25, -0.2) is 0 Å². The van der Waals surface area contributed by atoms with Crippen molar-refractivity contribution in [3.05, 3.63) is 0 Å². The summed E-state index contributed by atoms with van der Waals surface area (Å²) in [5.74, 6) is -0.189. The summed E-state index contributed by atoms with van der Waals surface area (Å²) in [5, 5.41) is 0.119. The SMILES string of the molecule is C[C@@H](C=O)[C@@H]1CC[C@H](C)[C@H](O[Si](C)(C)C(C)(C)C)CC(=O)O1. The Morgan fingerprint density at radius 1 is 1.32 bits per heavy atom. The summed E-state index contributed by atoms with van der Waals surface area (Å²) in [6.45, 7) is 15.0. The number of carbonyl (C=O) groups excluding carboxylic acids is 2. The van der Waals surface area contributed by atoms with Crippen LogP contribution in [0.25, 0.3) is 0 Å². The average molecular weight is 329 g/mol. The smallest absolute Gasteiger partial charge is 0.308 e. The third kappa shape index (κ3) is 4.91. The fourth-order valence-electron chi connectivity index (χ4n) is 2.43. The summed E-state index contributed by atoms with van der Waals surface area (Å²) < 4.78 is 11.9. The first kappa shape index (κ1) is 19.4. The Hall–Kier alpha value is -0.683. The Kier molecular flexibility index (Phi) is 6.39. The van der Waals surface area contributed by atoms with Gasteiger partial charge in [-0.1, -0.05) is 34.6 Å². The van der Waals surface area contributed by atoms with Crippen LogP contribution in [0.5, 0.6) is 0 Å². The van der Waals surface area contributed by atoms with Gasteiger partial charge in [-0.15, -0.1) is 0 Å². The van der Waals surface area contributed by atoms with Gasteiger partial charge in [-0.05, 0) is 36.9 Å². The van der Waals surface area contributed by atoms with E-state index in [1.165, 1.54) is 0 Å². The van der Waals surface area contributed by atoms with Crippen LogP contribution in [-0.2, 0) is 18.8 Å². The molecule has 0 aromatic rings. The van der Waals surface area contributed by atoms with Gasteiger partial charge in [-0.3, -0.25) is 4.79 Å². The number of cyclic esters (lactones) is 1. The third-order valence-corrected chi connectivity index (χ3v) is 9.75. The summed E-state index contributed by atoms with van der Waals surface area (Å²) in [4.78, 5) is 23.1. The van der Waals surface area contributed by atoms with Crippen LogP contribution in [0.1, 0.15) is 53.9 Å². The minimum Gasteiger partial charge on any atom is -0.462 e. The Morgan fingerprint density at radius 3 is 2.41 bits per heavy atom. The summed E-state index contributed by atoms with van der Waals surface area (Å²) in [6.07, 6.45) is 2.42. The minimum absolute atomic E-state index is 0.0825. The number of esters is 1. The first-order valence-electron chi connectivity index (χ1n) is 8.30. The van der Waals surface area contributed by atoms with Crippen molar-refractivity contribution in [2.24, 2.45) is 11.8 Å². The number of hydrogen-bond acceptors (Lipinski definition) is 4. The maximum absolute atomic E-state index is 12.2. The molecule has 22 heavy (non-hydrogen) atoms. The fourth-order valence-corrected chi connectivity index (χ4v) is 3.85. The molecule has 0 aromatic carbocycles. The van der Waals surface area contributed by atoms with Gasteiger partial charge in [0, 0.05) is 5.92 Å². The molecule has 0 saturated carbocycles. The zero-order valence-electron chi connectivity index (χ0n) is 15.1. The zero-order chi connectivity index (χ0) is 17.1. The lowest BCUT2D eigenvalue weighted by Gasteiger charge is -2.41. The van der Waals surface area contributed by atoms with E-state index in [1.54, 1.807) is 6.92 Å². The van der Waals surface area contributed by atoms with E-state index >= 15 is 0 Å². The van der Waals surface area contributed by atoms with E-state index in [1.807, 2.05) is 0 Å². The van der Waals surface area contributed by atoms with Crippen LogP contribution in [0.4, 0.5) is 0 Å². The Morgan fingerprint density at radius 2 is 1.91 bits per heavy atom. The predicted octanol–water partition coefficient (Wildman–Crippen LogP) is 3.94. The lowest BCUT2D eigenvalue weighted by Crippen LogP contribution is -2.47. The minimum atomic E-state index is -1.91. The van der Waals surface area contributed by atoms with E-state index in [2.05, 4.69) is 40.8 Å². The molecule has 4 atom stereocenters. The Balaban J connectivity index is 2.80. The topological polar surface area (TPSA) is 52.6 Å². The molecule has 0 bridgehead atoms. The molecule has 0 unspecified atom stereocenters. The molecule has 128 valence electrons. The quantitative estimate of drug-likeness (QED) is 0.445. The second-order valence-corrected chi connectivity index (χ2v) is 13.0. The van der Waals surface area contributed by atoms with Crippen molar-refractivity contribution in [1.29, 1.82) is 0 Å². The van der Waals surface area contributed by atoms with E-state index in [0.29, 0.717) is 5.92 Å². The fraction of sp³-hybridized carbons (Fsp3) is 0.882. The van der Waals surface area contributed by atoms with Crippen LogP contribution >= 0.6 is 0 Å². The average Bonchev–Trinajstić information content (AvgIpc) is 2.38. The van der Waals surface area contributed by atoms with E-state index < -0.39 is 8.32 Å². The molecule has 1 rings (SSSR count). The van der Waals surface area contributed by atoms with Gasteiger partial charge in [0.25, 0.3) is 0 Å². The lowest BCUT2D eigenvalue weighted by molar-refractivity contribution is -0.157. The third-order valence-electron chi connectivity index (χ3n) is 5.25. The summed E-state index contributed by atoms with van der Waals surface area (Å²) in [6, 6.07) is 0. The van der Waals surface area contributed by atoms with E-state index in [4.69, 9.17) is 9.16 Å². The van der Waals surface area contributed by atoms with Gasteiger partial charge >= 0.3 is 5.97 Å². The highest BCUT2D eigenvalue weighted by atomic mass is 28.4. The van der Waals surface area contributed by atoms with Crippen LogP contribution in [0, 0.1) is 11.8 Å². The van der Waals surface area contributed by atoms with Crippen LogP contribution < -0.4 is 0 Å². The molecule has 0 aromatic heterocycles. The van der Waals surface area contributed by atoms with Gasteiger partial charge in [0.15, 0.2) is 8.32 Å². The molecular formula is C17H32O4Si. The van der Waals surface area contributed by atoms with Gasteiger partial charge in [0.1, 0.15) is 12.4 Å². The molecule has 5 heteroatoms. The number of ether oxygens (including phenoxy) is 1. The Labute approximate surface area is 136 Å². The number of hydrogen-bond donors (Lipinski definition) is 0. The maximum Gasteiger partial charge on any atom is 0.308 e. The van der Waals surface area contributed by atoms with Crippen LogP contribution in [0.15, 0.2) is 0 Å². The molecular weight excluding hydrogens is 296 g/mol. The van der Waals surface area contributed by atoms with Gasteiger partial charge in [0.05, 0.1) is 12.5 Å². The second-order valence-electron chi connectivity index (χ2n) is 8.20. The molecule has 0 aliphatic carbocycles. The summed E-state index contributed by atoms with van der Waals surface area (Å²) >= 11 is 0. The molecule has 0 radical (unpaired) electrons. The first-order chi connectivity index (χ1) is 9.98. The van der Waals surface area contributed by atoms with E-state index in [9.17, 15) is 9.59 Å². The van der Waals surface area contributed by atoms with Gasteiger partial charge in [0.2, 0.25) is 0 Å². The van der Waals surface area contributed by atoms with Gasteiger partial charge in [-0.2, -0.15) is 0 Å². The first-order valence-corrected chi connectivity index (χ1v) is 11.2. The van der Waals surface area contributed by atoms with Crippen molar-refractivity contribution in [1.82, 2.24) is 0 Å². The normalized spacial score (nSPS) is 29.2. The van der Waals surface area contributed by atoms with Crippen LogP contribution in [0.2, 0.25) is 18.1 Å². The summed E-state index contributed by atoms with van der Waals surface area (Å²) in [5.41, 5.74) is 0. The largest absolute Gasteiger partial charge is 0.462 e. The highest BCUT2D eigenvalue weighted by Gasteiger charge is 2.41. The van der Waals surface area contributed by atoms with Crippen molar-refractivity contribution >= 4 is 20.6 Å². The highest BCUT2D eigenvalue weighted by molar-refractivity contribution is 6.74. The van der Waals surface area contributed by atoms with Crippen molar-refractivity contribution in [2.45, 2.75) is 84.2 Å². The van der Waals surface area contributed by atoms with Crippen LogP contribution in [-0.4, -0.2) is 32.8 Å². The molecule has 0 N–H and O–H groups in total. The molecule has 0 amide bonds. The number of aldehydes is 1. The van der Waals surface area contributed by atoms with E-state index in [-0.39, 0.29) is 35.6 Å². The van der Waals surface area contributed by atoms with Crippen molar-refractivity contribution in [3.63, 3.8) is 0 Å². The predicted molar refractivity (Wildman–Crippen MR) is 90.2 cm³/mol. The molecule has 0 spiro atoms. The lowest BCUT2D eigenvalue weighted by atomic mass is 9.90. The number of rotatable bonds is 4.